The average Bonchev–Trinajstić information content (AvgIpc) is 2.84. The number of piperazine rings is 1. The summed E-state index contributed by atoms with van der Waals surface area (Å²) in [6, 6.07) is 5.76. The molecule has 12 nitrogen and oxygen atoms in total. The lowest BCUT2D eigenvalue weighted by Crippen LogP contribution is -2.54. The molecule has 0 bridgehead atoms. The number of carbonyl (C=O) groups excluding carboxylic acids is 1. The van der Waals surface area contributed by atoms with Crippen LogP contribution in [0.4, 0.5) is 23.3 Å². The van der Waals surface area contributed by atoms with Gasteiger partial charge in [-0.15, -0.1) is 0 Å². The Balaban J connectivity index is 1.64. The van der Waals surface area contributed by atoms with E-state index < -0.39 is 5.91 Å². The third-order valence-electron chi connectivity index (χ3n) is 6.58. The maximum absolute atomic E-state index is 12.9. The van der Waals surface area contributed by atoms with Gasteiger partial charge in [0.25, 0.3) is 5.91 Å². The van der Waals surface area contributed by atoms with E-state index in [2.05, 4.69) is 49.3 Å². The van der Waals surface area contributed by atoms with E-state index in [0.717, 1.165) is 18.7 Å². The first kappa shape index (κ1) is 27.8. The highest BCUT2D eigenvalue weighted by Crippen LogP contribution is 2.29. The fourth-order valence-electron chi connectivity index (χ4n) is 4.38. The Morgan fingerprint density at radius 3 is 2.54 bits per heavy atom. The molecule has 0 spiro atoms. The van der Waals surface area contributed by atoms with E-state index in [1.165, 1.54) is 6.33 Å². The van der Waals surface area contributed by atoms with Gasteiger partial charge in [-0.1, -0.05) is 26.8 Å². The van der Waals surface area contributed by atoms with Crippen LogP contribution in [0.2, 0.25) is 0 Å². The molecule has 206 valence electrons. The van der Waals surface area contributed by atoms with Crippen LogP contribution in [0.1, 0.15) is 57.0 Å². The number of carbonyl (C=O) groups is 1. The van der Waals surface area contributed by atoms with Gasteiger partial charge in [-0.05, 0) is 43.9 Å². The molecule has 1 saturated heterocycles. The van der Waals surface area contributed by atoms with E-state index in [4.69, 9.17) is 21.9 Å². The van der Waals surface area contributed by atoms with Crippen molar-refractivity contribution in [3.05, 3.63) is 35.7 Å². The average molecular weight is 532 g/mol. The van der Waals surface area contributed by atoms with Crippen LogP contribution in [0.3, 0.4) is 0 Å². The minimum absolute atomic E-state index is 0.105. The lowest BCUT2D eigenvalue weighted by molar-refractivity contribution is 0.100. The Morgan fingerprint density at radius 1 is 1.18 bits per heavy atom. The summed E-state index contributed by atoms with van der Waals surface area (Å²) >= 11 is 0. The number of rotatable bonds is 6. The number of amidine groups is 1. The molecule has 2 aromatic heterocycles. The second kappa shape index (κ2) is 10.9. The summed E-state index contributed by atoms with van der Waals surface area (Å²) in [5.74, 6) is 0.851. The van der Waals surface area contributed by atoms with Crippen LogP contribution in [0.15, 0.2) is 29.5 Å². The molecule has 3 heterocycles. The number of nitrogens with zero attached hydrogens (tertiary/aromatic N) is 6. The molecule has 2 atom stereocenters. The number of nitrogen functional groups attached to an aromatic ring is 1. The third-order valence-corrected chi connectivity index (χ3v) is 6.58. The molecule has 2 unspecified atom stereocenters. The number of amides is 1. The molecule has 39 heavy (non-hydrogen) atoms. The Kier molecular flexibility index (Phi) is 7.77. The van der Waals surface area contributed by atoms with E-state index in [0.29, 0.717) is 39.8 Å². The Bertz CT molecular complexity index is 1430. The second-order valence-corrected chi connectivity index (χ2v) is 11.2. The Morgan fingerprint density at radius 2 is 1.87 bits per heavy atom. The number of nitrogens with one attached hydrogen (secondary N) is 3. The summed E-state index contributed by atoms with van der Waals surface area (Å²) in [4.78, 5) is 37.1. The van der Waals surface area contributed by atoms with E-state index in [-0.39, 0.29) is 35.6 Å². The van der Waals surface area contributed by atoms with Gasteiger partial charge in [0.2, 0.25) is 5.95 Å². The zero-order chi connectivity index (χ0) is 28.5. The van der Waals surface area contributed by atoms with Crippen molar-refractivity contribution in [2.24, 2.45) is 16.1 Å². The van der Waals surface area contributed by atoms with Gasteiger partial charge in [-0.25, -0.2) is 15.0 Å². The van der Waals surface area contributed by atoms with Gasteiger partial charge >= 0.3 is 0 Å². The number of aryl methyl sites for hydroxylation is 1. The first-order valence-corrected chi connectivity index (χ1v) is 12.9. The third kappa shape index (κ3) is 6.45. The topological polar surface area (TPSA) is 184 Å². The van der Waals surface area contributed by atoms with Crippen LogP contribution in [0.25, 0.3) is 11.0 Å². The molecule has 7 N–H and O–H groups in total. The number of aliphatic imine (C=N–C) groups is 1. The molecule has 0 radical (unpaired) electrons. The van der Waals surface area contributed by atoms with E-state index in [1.807, 2.05) is 33.8 Å². The summed E-state index contributed by atoms with van der Waals surface area (Å²) in [6.45, 7) is 13.4. The number of hydrogen-bond donors (Lipinski definition) is 5. The molecule has 0 saturated carbocycles. The maximum atomic E-state index is 12.9. The molecular weight excluding hydrogens is 494 g/mol. The zero-order valence-electron chi connectivity index (χ0n) is 23.3. The van der Waals surface area contributed by atoms with Crippen molar-refractivity contribution in [1.82, 2.24) is 25.3 Å². The van der Waals surface area contributed by atoms with Crippen LogP contribution >= 0.6 is 0 Å². The van der Waals surface area contributed by atoms with Gasteiger partial charge < -0.3 is 32.4 Å². The largest absolute Gasteiger partial charge is 0.387 e. The van der Waals surface area contributed by atoms with Crippen LogP contribution in [0.5, 0.6) is 0 Å². The number of benzene rings is 1. The predicted molar refractivity (Wildman–Crippen MR) is 156 cm³/mol. The van der Waals surface area contributed by atoms with Crippen molar-refractivity contribution < 1.29 is 4.79 Å². The quantitative estimate of drug-likeness (QED) is 0.234. The van der Waals surface area contributed by atoms with Gasteiger partial charge in [-0.3, -0.25) is 4.79 Å². The van der Waals surface area contributed by atoms with Gasteiger partial charge in [0.15, 0.2) is 11.6 Å². The first-order valence-electron chi connectivity index (χ1n) is 12.9. The monoisotopic (exact) mass is 531 g/mol. The molecule has 1 fully saturated rings. The minimum Gasteiger partial charge on any atom is -0.387 e. The second-order valence-electron chi connectivity index (χ2n) is 11.2. The summed E-state index contributed by atoms with van der Waals surface area (Å²) in [5.41, 5.74) is 15.2. The molecule has 4 rings (SSSR count). The molecular formula is C27H37N11O. The summed E-state index contributed by atoms with van der Waals surface area (Å²) in [5, 5.41) is 15.0. The molecule has 1 aromatic carbocycles. The summed E-state index contributed by atoms with van der Waals surface area (Å²) in [6.07, 6.45) is 1.53. The van der Waals surface area contributed by atoms with Crippen molar-refractivity contribution in [3.63, 3.8) is 0 Å². The van der Waals surface area contributed by atoms with Crippen molar-refractivity contribution >= 4 is 51.8 Å². The predicted octanol–water partition coefficient (Wildman–Crippen LogP) is 3.19. The van der Waals surface area contributed by atoms with E-state index in [1.54, 1.807) is 12.1 Å². The van der Waals surface area contributed by atoms with E-state index in [9.17, 15) is 4.79 Å². The van der Waals surface area contributed by atoms with E-state index >= 15 is 0 Å². The molecule has 1 aliphatic heterocycles. The minimum atomic E-state index is -0.486. The number of fused-ring (bicyclic) bond motifs is 1. The smallest absolute Gasteiger partial charge is 0.278 e. The summed E-state index contributed by atoms with van der Waals surface area (Å²) < 4.78 is 0. The maximum Gasteiger partial charge on any atom is 0.278 e. The van der Waals surface area contributed by atoms with Crippen LogP contribution < -0.4 is 27.0 Å². The molecule has 3 aromatic rings. The van der Waals surface area contributed by atoms with Crippen LogP contribution in [0, 0.1) is 17.7 Å². The van der Waals surface area contributed by atoms with Gasteiger partial charge in [-0.2, -0.15) is 9.98 Å². The Labute approximate surface area is 228 Å². The van der Waals surface area contributed by atoms with Crippen molar-refractivity contribution in [3.8, 4) is 0 Å². The molecule has 12 heteroatoms. The lowest BCUT2D eigenvalue weighted by Gasteiger charge is -2.36. The van der Waals surface area contributed by atoms with Gasteiger partial charge in [0.05, 0.1) is 0 Å². The highest BCUT2D eigenvalue weighted by molar-refractivity contribution is 6.10. The fraction of sp³-hybridized carbons (Fsp3) is 0.444. The molecule has 1 aliphatic rings. The lowest BCUT2D eigenvalue weighted by atomic mass is 9.88. The van der Waals surface area contributed by atoms with Crippen molar-refractivity contribution in [2.75, 3.05) is 29.0 Å². The highest BCUT2D eigenvalue weighted by Gasteiger charge is 2.25. The van der Waals surface area contributed by atoms with Gasteiger partial charge in [0.1, 0.15) is 23.2 Å². The zero-order valence-corrected chi connectivity index (χ0v) is 23.3. The summed E-state index contributed by atoms with van der Waals surface area (Å²) in [7, 11) is 0. The molecule has 0 aliphatic carbocycles. The SMILES string of the molecule is Cc1ccc(C(=O)N=C(N)CC(=N)C(C)(C)C)cc1Nc1ncnc2c(N)nc(N3CC(C)NC(C)C3)nc12. The van der Waals surface area contributed by atoms with Crippen molar-refractivity contribution in [2.45, 2.75) is 60.0 Å². The molecule has 1 amide bonds. The normalized spacial score (nSPS) is 18.3. The van der Waals surface area contributed by atoms with Crippen LogP contribution in [-0.4, -0.2) is 62.6 Å². The first-order chi connectivity index (χ1) is 18.3. The van der Waals surface area contributed by atoms with Gasteiger partial charge in [0, 0.05) is 48.6 Å². The standard InChI is InChI=1S/C27H37N11O/c1-14-7-8-17(25(39)35-20(29)10-19(28)27(4,5)6)9-18(14)34-24-22-21(31-13-32-24)23(30)37-26(36-22)38-11-15(2)33-16(3)12-38/h7-9,13,15-16,28,33H,10-12H2,1-6H3,(H2,29,35,39)(H2,30,36,37)(H,31,32,34). The fourth-order valence-corrected chi connectivity index (χ4v) is 4.38. The Hall–Kier alpha value is -4.19. The number of nitrogens with two attached hydrogens (primary N) is 2. The van der Waals surface area contributed by atoms with Crippen molar-refractivity contribution in [1.29, 1.82) is 5.41 Å². The number of hydrogen-bond acceptors (Lipinski definition) is 10. The number of aromatic nitrogens is 4. The van der Waals surface area contributed by atoms with Crippen LogP contribution in [-0.2, 0) is 0 Å². The number of anilines is 4. The highest BCUT2D eigenvalue weighted by atomic mass is 16.1.